The summed E-state index contributed by atoms with van der Waals surface area (Å²) in [6.07, 6.45) is 1.83. The van der Waals surface area contributed by atoms with Crippen LogP contribution in [0.5, 0.6) is 0 Å². The maximum atomic E-state index is 12.7. The van der Waals surface area contributed by atoms with Crippen LogP contribution in [0, 0.1) is 12.8 Å². The van der Waals surface area contributed by atoms with Gasteiger partial charge in [-0.15, -0.1) is 0 Å². The highest BCUT2D eigenvalue weighted by Crippen LogP contribution is 2.23. The van der Waals surface area contributed by atoms with Gasteiger partial charge in [0, 0.05) is 18.7 Å². The van der Waals surface area contributed by atoms with E-state index in [1.165, 1.54) is 10.2 Å². The van der Waals surface area contributed by atoms with Crippen molar-refractivity contribution >= 4 is 17.1 Å². The fraction of sp³-hybridized carbons (Fsp3) is 0.211. The third-order valence-electron chi connectivity index (χ3n) is 4.47. The SMILES string of the molecule is Cc1nc2ccccc2c(=O)n1/N=C/C1CNNC1c1ccccc1. The second kappa shape index (κ2) is 6.58. The summed E-state index contributed by atoms with van der Waals surface area (Å²) in [4.78, 5) is 17.2. The fourth-order valence-corrected chi connectivity index (χ4v) is 3.16. The zero-order valence-electron chi connectivity index (χ0n) is 13.9. The Hall–Kier alpha value is -2.83. The van der Waals surface area contributed by atoms with Gasteiger partial charge in [0.15, 0.2) is 0 Å². The maximum Gasteiger partial charge on any atom is 0.282 e. The summed E-state index contributed by atoms with van der Waals surface area (Å²) in [5.41, 5.74) is 8.18. The average molecular weight is 333 g/mol. The lowest BCUT2D eigenvalue weighted by molar-refractivity contribution is 0.555. The molecule has 1 fully saturated rings. The lowest BCUT2D eigenvalue weighted by Gasteiger charge is -2.15. The van der Waals surface area contributed by atoms with Crippen molar-refractivity contribution in [3.05, 3.63) is 76.3 Å². The number of hydrazine groups is 1. The highest BCUT2D eigenvalue weighted by atomic mass is 16.1. The monoisotopic (exact) mass is 333 g/mol. The summed E-state index contributed by atoms with van der Waals surface area (Å²) in [5.74, 6) is 0.718. The molecule has 1 saturated heterocycles. The molecule has 0 spiro atoms. The molecule has 4 rings (SSSR count). The molecule has 2 N–H and O–H groups in total. The van der Waals surface area contributed by atoms with Crippen LogP contribution >= 0.6 is 0 Å². The van der Waals surface area contributed by atoms with Crippen molar-refractivity contribution in [2.75, 3.05) is 6.54 Å². The van der Waals surface area contributed by atoms with Crippen molar-refractivity contribution < 1.29 is 0 Å². The van der Waals surface area contributed by atoms with Crippen molar-refractivity contribution in [1.29, 1.82) is 0 Å². The number of para-hydroxylation sites is 1. The van der Waals surface area contributed by atoms with Crippen molar-refractivity contribution in [2.24, 2.45) is 11.0 Å². The zero-order chi connectivity index (χ0) is 17.2. The number of nitrogens with one attached hydrogen (secondary N) is 2. The highest BCUT2D eigenvalue weighted by Gasteiger charge is 2.26. The Bertz CT molecular complexity index is 980. The van der Waals surface area contributed by atoms with Crippen LogP contribution in [0.2, 0.25) is 0 Å². The zero-order valence-corrected chi connectivity index (χ0v) is 13.9. The van der Waals surface area contributed by atoms with Crippen molar-refractivity contribution in [3.63, 3.8) is 0 Å². The lowest BCUT2D eigenvalue weighted by Crippen LogP contribution is -2.25. The molecule has 0 saturated carbocycles. The number of fused-ring (bicyclic) bond motifs is 1. The van der Waals surface area contributed by atoms with Gasteiger partial charge in [0.1, 0.15) is 5.82 Å². The third-order valence-corrected chi connectivity index (χ3v) is 4.47. The molecule has 2 aromatic carbocycles. The number of aromatic nitrogens is 2. The van der Waals surface area contributed by atoms with Crippen LogP contribution < -0.4 is 16.4 Å². The molecule has 25 heavy (non-hydrogen) atoms. The van der Waals surface area contributed by atoms with Gasteiger partial charge in [-0.05, 0) is 24.6 Å². The van der Waals surface area contributed by atoms with Gasteiger partial charge in [-0.2, -0.15) is 9.78 Å². The lowest BCUT2D eigenvalue weighted by atomic mass is 9.96. The van der Waals surface area contributed by atoms with E-state index in [2.05, 4.69) is 33.1 Å². The Balaban J connectivity index is 1.68. The Morgan fingerprint density at radius 2 is 1.92 bits per heavy atom. The molecule has 0 bridgehead atoms. The first-order chi connectivity index (χ1) is 12.2. The third kappa shape index (κ3) is 2.97. The second-order valence-electron chi connectivity index (χ2n) is 6.14. The van der Waals surface area contributed by atoms with Crippen molar-refractivity contribution in [1.82, 2.24) is 20.5 Å². The van der Waals surface area contributed by atoms with Gasteiger partial charge in [-0.3, -0.25) is 10.2 Å². The summed E-state index contributed by atoms with van der Waals surface area (Å²) < 4.78 is 1.38. The second-order valence-corrected chi connectivity index (χ2v) is 6.14. The molecule has 0 amide bonds. The predicted octanol–water partition coefficient (Wildman–Crippen LogP) is 2.00. The van der Waals surface area contributed by atoms with Crippen LogP contribution in [-0.2, 0) is 0 Å². The molecule has 0 radical (unpaired) electrons. The van der Waals surface area contributed by atoms with Crippen molar-refractivity contribution in [3.8, 4) is 0 Å². The summed E-state index contributed by atoms with van der Waals surface area (Å²) in [5, 5.41) is 5.03. The number of benzene rings is 2. The average Bonchev–Trinajstić information content (AvgIpc) is 3.11. The van der Waals surface area contributed by atoms with E-state index in [-0.39, 0.29) is 17.5 Å². The van der Waals surface area contributed by atoms with Gasteiger partial charge in [0.2, 0.25) is 0 Å². The molecule has 1 aliphatic heterocycles. The summed E-state index contributed by atoms with van der Waals surface area (Å²) in [7, 11) is 0. The van der Waals surface area contributed by atoms with Crippen molar-refractivity contribution in [2.45, 2.75) is 13.0 Å². The van der Waals surface area contributed by atoms with E-state index in [9.17, 15) is 4.79 Å². The molecule has 1 aromatic heterocycles. The van der Waals surface area contributed by atoms with E-state index in [0.717, 1.165) is 6.54 Å². The predicted molar refractivity (Wildman–Crippen MR) is 98.4 cm³/mol. The first-order valence-electron chi connectivity index (χ1n) is 8.30. The van der Waals surface area contributed by atoms with Crippen LogP contribution in [0.4, 0.5) is 0 Å². The molecule has 2 heterocycles. The molecule has 3 aromatic rings. The van der Waals surface area contributed by atoms with Crippen LogP contribution in [0.25, 0.3) is 10.9 Å². The Kier molecular flexibility index (Phi) is 4.13. The minimum Gasteiger partial charge on any atom is -0.267 e. The minimum atomic E-state index is -0.144. The first-order valence-corrected chi connectivity index (χ1v) is 8.30. The minimum absolute atomic E-state index is 0.120. The van der Waals surface area contributed by atoms with Gasteiger partial charge in [0.05, 0.1) is 16.9 Å². The van der Waals surface area contributed by atoms with Gasteiger partial charge in [-0.25, -0.2) is 10.4 Å². The standard InChI is InChI=1S/C19H19N5O/c1-13-22-17-10-6-5-9-16(17)19(25)24(13)21-12-15-11-20-23-18(15)14-7-3-2-4-8-14/h2-10,12,15,18,20,23H,11H2,1H3/b21-12+. The Morgan fingerprint density at radius 3 is 2.76 bits per heavy atom. The molecule has 0 aliphatic carbocycles. The van der Waals surface area contributed by atoms with Crippen LogP contribution in [0.15, 0.2) is 64.5 Å². The van der Waals surface area contributed by atoms with E-state index in [1.54, 1.807) is 13.0 Å². The number of hydrogen-bond acceptors (Lipinski definition) is 5. The van der Waals surface area contributed by atoms with Gasteiger partial charge in [-0.1, -0.05) is 42.5 Å². The van der Waals surface area contributed by atoms with E-state index < -0.39 is 0 Å². The first kappa shape index (κ1) is 15.7. The summed E-state index contributed by atoms with van der Waals surface area (Å²) in [6.45, 7) is 2.54. The molecule has 6 nitrogen and oxygen atoms in total. The molecular formula is C19H19N5O. The number of aryl methyl sites for hydroxylation is 1. The van der Waals surface area contributed by atoms with Gasteiger partial charge in [0.25, 0.3) is 5.56 Å². The quantitative estimate of drug-likeness (QED) is 0.719. The normalized spacial score (nSPS) is 20.5. The number of rotatable bonds is 3. The van der Waals surface area contributed by atoms with Crippen LogP contribution in [0.3, 0.4) is 0 Å². The van der Waals surface area contributed by atoms with Crippen LogP contribution in [-0.4, -0.2) is 22.4 Å². The van der Waals surface area contributed by atoms with E-state index >= 15 is 0 Å². The van der Waals surface area contributed by atoms with Crippen LogP contribution in [0.1, 0.15) is 17.4 Å². The Morgan fingerprint density at radius 1 is 1.16 bits per heavy atom. The fourth-order valence-electron chi connectivity index (χ4n) is 3.16. The summed E-state index contributed by atoms with van der Waals surface area (Å²) >= 11 is 0. The van der Waals surface area contributed by atoms with E-state index in [4.69, 9.17) is 0 Å². The summed E-state index contributed by atoms with van der Waals surface area (Å²) in [6, 6.07) is 17.7. The topological polar surface area (TPSA) is 71.3 Å². The Labute approximate surface area is 145 Å². The highest BCUT2D eigenvalue weighted by molar-refractivity contribution is 5.77. The number of hydrogen-bond donors (Lipinski definition) is 2. The van der Waals surface area contributed by atoms with E-state index in [0.29, 0.717) is 16.7 Å². The smallest absolute Gasteiger partial charge is 0.267 e. The molecule has 2 atom stereocenters. The molecule has 2 unspecified atom stereocenters. The number of nitrogens with zero attached hydrogens (tertiary/aromatic N) is 3. The molecule has 6 heteroatoms. The largest absolute Gasteiger partial charge is 0.282 e. The molecular weight excluding hydrogens is 314 g/mol. The van der Waals surface area contributed by atoms with E-state index in [1.807, 2.05) is 42.6 Å². The van der Waals surface area contributed by atoms with Gasteiger partial charge >= 0.3 is 0 Å². The maximum absolute atomic E-state index is 12.7. The van der Waals surface area contributed by atoms with Gasteiger partial charge < -0.3 is 0 Å². The molecule has 126 valence electrons. The molecule has 1 aliphatic rings.